The van der Waals surface area contributed by atoms with Gasteiger partial charge in [0, 0.05) is 13.0 Å². The largest absolute Gasteiger partial charge is 0.240 e. The number of nitrogens with zero attached hydrogens (tertiary/aromatic N) is 1. The molecule has 100 valence electrons. The molecule has 0 amide bonds. The van der Waals surface area contributed by atoms with Crippen molar-refractivity contribution in [3.63, 3.8) is 0 Å². The van der Waals surface area contributed by atoms with Crippen LogP contribution in [-0.4, -0.2) is 15.0 Å². The second kappa shape index (κ2) is 7.58. The van der Waals surface area contributed by atoms with E-state index in [-0.39, 0.29) is 11.3 Å². The molecule has 0 heterocycles. The van der Waals surface area contributed by atoms with Crippen LogP contribution in [-0.2, 0) is 16.4 Å². The third kappa shape index (κ3) is 5.13. The lowest BCUT2D eigenvalue weighted by molar-refractivity contribution is 0.577. The van der Waals surface area contributed by atoms with Crippen molar-refractivity contribution in [2.24, 2.45) is 0 Å². The fourth-order valence-corrected chi connectivity index (χ4v) is 2.59. The van der Waals surface area contributed by atoms with Gasteiger partial charge in [0.1, 0.15) is 0 Å². The maximum absolute atomic E-state index is 11.9. The van der Waals surface area contributed by atoms with Crippen LogP contribution >= 0.6 is 0 Å². The fraction of sp³-hybridized carbons (Fsp3) is 0.357. The third-order valence-corrected chi connectivity index (χ3v) is 4.03. The molecule has 1 aromatic rings. The molecule has 0 aliphatic carbocycles. The number of hydrogen-bond donors (Lipinski definition) is 1. The van der Waals surface area contributed by atoms with Gasteiger partial charge in [-0.15, -0.1) is 12.3 Å². The van der Waals surface area contributed by atoms with Gasteiger partial charge in [-0.05, 0) is 30.5 Å². The summed E-state index contributed by atoms with van der Waals surface area (Å²) in [6.45, 7) is 0.379. The van der Waals surface area contributed by atoms with Gasteiger partial charge >= 0.3 is 0 Å². The average molecular weight is 276 g/mol. The van der Waals surface area contributed by atoms with Crippen molar-refractivity contribution < 1.29 is 8.42 Å². The van der Waals surface area contributed by atoms with E-state index in [1.165, 1.54) is 12.1 Å². The summed E-state index contributed by atoms with van der Waals surface area (Å²) in [6, 6.07) is 8.33. The van der Waals surface area contributed by atoms with Crippen LogP contribution in [0.4, 0.5) is 0 Å². The molecule has 0 saturated carbocycles. The smallest absolute Gasteiger partial charge is 0.211 e. The van der Waals surface area contributed by atoms with E-state index in [4.69, 9.17) is 11.7 Å². The number of hydrogen-bond acceptors (Lipinski definition) is 3. The van der Waals surface area contributed by atoms with Crippen LogP contribution in [0.2, 0.25) is 0 Å². The van der Waals surface area contributed by atoms with Gasteiger partial charge < -0.3 is 0 Å². The molecule has 1 aromatic carbocycles. The zero-order chi connectivity index (χ0) is 14.1. The van der Waals surface area contributed by atoms with Crippen LogP contribution in [0.1, 0.15) is 24.8 Å². The summed E-state index contributed by atoms with van der Waals surface area (Å²) in [7, 11) is -3.46. The second-order valence-electron chi connectivity index (χ2n) is 4.04. The van der Waals surface area contributed by atoms with Crippen LogP contribution in [0.25, 0.3) is 0 Å². The van der Waals surface area contributed by atoms with Crippen molar-refractivity contribution in [2.75, 3.05) is 6.54 Å². The third-order valence-electron chi connectivity index (χ3n) is 2.56. The normalized spacial score (nSPS) is 10.6. The number of nitrogens with one attached hydrogen (secondary N) is 1. The molecule has 0 atom stereocenters. The first-order valence-corrected chi connectivity index (χ1v) is 7.47. The molecule has 4 nitrogen and oxygen atoms in total. The van der Waals surface area contributed by atoms with Crippen LogP contribution in [0, 0.1) is 23.7 Å². The summed E-state index contributed by atoms with van der Waals surface area (Å²) >= 11 is 0. The van der Waals surface area contributed by atoms with Crippen LogP contribution in [0.3, 0.4) is 0 Å². The average Bonchev–Trinajstić information content (AvgIpc) is 2.39. The Morgan fingerprint density at radius 3 is 2.47 bits per heavy atom. The second-order valence-corrected chi connectivity index (χ2v) is 5.80. The Morgan fingerprint density at radius 1 is 1.21 bits per heavy atom. The highest BCUT2D eigenvalue weighted by molar-refractivity contribution is 7.89. The fourth-order valence-electron chi connectivity index (χ4n) is 1.52. The molecule has 0 aliphatic rings. The molecule has 0 aliphatic heterocycles. The number of terminal acetylenes is 1. The number of nitriles is 1. The molecule has 1 rings (SSSR count). The zero-order valence-corrected chi connectivity index (χ0v) is 11.4. The minimum atomic E-state index is -3.46. The standard InChI is InChI=1S/C14H16N2O2S/c1-2-3-4-5-12-16-19(17,18)14-8-6-13(7-9-14)10-11-15/h1,6-9,16H,3-5,10,12H2. The summed E-state index contributed by atoms with van der Waals surface area (Å²) in [4.78, 5) is 0.214. The van der Waals surface area contributed by atoms with Crippen molar-refractivity contribution in [3.8, 4) is 18.4 Å². The van der Waals surface area contributed by atoms with Gasteiger partial charge in [-0.25, -0.2) is 13.1 Å². The molecule has 1 N–H and O–H groups in total. The summed E-state index contributed by atoms with van der Waals surface area (Å²) in [5, 5.41) is 8.54. The number of unbranched alkanes of at least 4 members (excludes halogenated alkanes) is 2. The molecule has 0 fully saturated rings. The number of benzene rings is 1. The zero-order valence-electron chi connectivity index (χ0n) is 10.6. The molecule has 0 spiro atoms. The number of rotatable bonds is 7. The van der Waals surface area contributed by atoms with Gasteiger partial charge in [-0.2, -0.15) is 5.26 Å². The maximum atomic E-state index is 11.9. The summed E-state index contributed by atoms with van der Waals surface area (Å²) in [6.07, 6.45) is 7.57. The van der Waals surface area contributed by atoms with Crippen molar-refractivity contribution in [1.29, 1.82) is 5.26 Å². The van der Waals surface area contributed by atoms with E-state index in [1.54, 1.807) is 12.1 Å². The predicted octanol–water partition coefficient (Wildman–Crippen LogP) is 1.83. The van der Waals surface area contributed by atoms with Gasteiger partial charge in [0.25, 0.3) is 0 Å². The van der Waals surface area contributed by atoms with Crippen LogP contribution < -0.4 is 4.72 Å². The lowest BCUT2D eigenvalue weighted by Gasteiger charge is -2.06. The van der Waals surface area contributed by atoms with Gasteiger partial charge in [0.05, 0.1) is 17.4 Å². The molecule has 0 bridgehead atoms. The van der Waals surface area contributed by atoms with Crippen molar-refractivity contribution >= 4 is 10.0 Å². The molecule has 0 radical (unpaired) electrons. The Morgan fingerprint density at radius 2 is 1.89 bits per heavy atom. The summed E-state index contributed by atoms with van der Waals surface area (Å²) < 4.78 is 26.4. The molecule has 19 heavy (non-hydrogen) atoms. The van der Waals surface area contributed by atoms with E-state index in [0.29, 0.717) is 13.0 Å². The van der Waals surface area contributed by atoms with Crippen LogP contribution in [0.15, 0.2) is 29.2 Å². The minimum Gasteiger partial charge on any atom is -0.211 e. The van der Waals surface area contributed by atoms with E-state index >= 15 is 0 Å². The first-order chi connectivity index (χ1) is 9.10. The van der Waals surface area contributed by atoms with E-state index in [1.807, 2.05) is 6.07 Å². The van der Waals surface area contributed by atoms with Gasteiger partial charge in [0.15, 0.2) is 0 Å². The van der Waals surface area contributed by atoms with E-state index < -0.39 is 10.0 Å². The number of sulfonamides is 1. The lowest BCUT2D eigenvalue weighted by atomic mass is 10.2. The Kier molecular flexibility index (Phi) is 6.08. The Bertz CT molecular complexity index is 577. The van der Waals surface area contributed by atoms with Gasteiger partial charge in [-0.1, -0.05) is 12.1 Å². The topological polar surface area (TPSA) is 70.0 Å². The van der Waals surface area contributed by atoms with Crippen LogP contribution in [0.5, 0.6) is 0 Å². The van der Waals surface area contributed by atoms with Gasteiger partial charge in [-0.3, -0.25) is 0 Å². The lowest BCUT2D eigenvalue weighted by Crippen LogP contribution is -2.24. The first kappa shape index (κ1) is 15.2. The van der Waals surface area contributed by atoms with E-state index in [2.05, 4.69) is 10.6 Å². The Hall–Kier alpha value is -1.82. The minimum absolute atomic E-state index is 0.214. The predicted molar refractivity (Wildman–Crippen MR) is 73.6 cm³/mol. The first-order valence-electron chi connectivity index (χ1n) is 5.99. The Balaban J connectivity index is 2.57. The molecular formula is C14H16N2O2S. The summed E-state index contributed by atoms with van der Waals surface area (Å²) in [5.41, 5.74) is 0.801. The van der Waals surface area contributed by atoms with E-state index in [0.717, 1.165) is 18.4 Å². The highest BCUT2D eigenvalue weighted by Crippen LogP contribution is 2.11. The SMILES string of the molecule is C#CCCCCNS(=O)(=O)c1ccc(CC#N)cc1. The molecule has 0 aromatic heterocycles. The quantitative estimate of drug-likeness (QED) is 0.610. The monoisotopic (exact) mass is 276 g/mol. The maximum Gasteiger partial charge on any atom is 0.240 e. The highest BCUT2D eigenvalue weighted by Gasteiger charge is 2.12. The van der Waals surface area contributed by atoms with E-state index in [9.17, 15) is 8.42 Å². The molecule has 0 saturated heterocycles. The van der Waals surface area contributed by atoms with Crippen molar-refractivity contribution in [2.45, 2.75) is 30.6 Å². The highest BCUT2D eigenvalue weighted by atomic mass is 32.2. The Labute approximate surface area is 114 Å². The van der Waals surface area contributed by atoms with Crippen molar-refractivity contribution in [1.82, 2.24) is 4.72 Å². The van der Waals surface area contributed by atoms with Crippen molar-refractivity contribution in [3.05, 3.63) is 29.8 Å². The van der Waals surface area contributed by atoms with Gasteiger partial charge in [0.2, 0.25) is 10.0 Å². The molecule has 0 unspecified atom stereocenters. The summed E-state index contributed by atoms with van der Waals surface area (Å²) in [5.74, 6) is 2.51. The molecular weight excluding hydrogens is 260 g/mol. The molecule has 5 heteroatoms.